The van der Waals surface area contributed by atoms with Crippen LogP contribution < -0.4 is 11.1 Å². The molecule has 0 spiro atoms. The van der Waals surface area contributed by atoms with Crippen LogP contribution in [-0.4, -0.2) is 28.2 Å². The molecule has 0 saturated carbocycles. The van der Waals surface area contributed by atoms with Gasteiger partial charge in [-0.05, 0) is 25.5 Å². The van der Waals surface area contributed by atoms with Gasteiger partial charge in [0.25, 0.3) is 5.91 Å². The number of para-hydroxylation sites is 1. The topological polar surface area (TPSA) is 72.2 Å². The molecule has 1 amide bonds. The van der Waals surface area contributed by atoms with E-state index < -0.39 is 10.8 Å². The quantitative estimate of drug-likeness (QED) is 0.774. The number of carbonyl (C=O) groups is 1. The van der Waals surface area contributed by atoms with Crippen LogP contribution in [0, 0.1) is 0 Å². The molecular formula is C12H18N2O2S. The summed E-state index contributed by atoms with van der Waals surface area (Å²) in [5.41, 5.74) is 6.66. The number of rotatable bonds is 5. The van der Waals surface area contributed by atoms with Gasteiger partial charge >= 0.3 is 0 Å². The molecule has 0 heterocycles. The first kappa shape index (κ1) is 13.7. The summed E-state index contributed by atoms with van der Waals surface area (Å²) in [5, 5.41) is 2.84. The van der Waals surface area contributed by atoms with Gasteiger partial charge in [0.15, 0.2) is 0 Å². The van der Waals surface area contributed by atoms with Gasteiger partial charge in [-0.15, -0.1) is 0 Å². The lowest BCUT2D eigenvalue weighted by Crippen LogP contribution is -2.33. The van der Waals surface area contributed by atoms with Crippen molar-refractivity contribution in [3.8, 4) is 0 Å². The third-order valence-corrected chi connectivity index (χ3v) is 3.23. The summed E-state index contributed by atoms with van der Waals surface area (Å²) in [6.07, 6.45) is 2.35. The van der Waals surface area contributed by atoms with Crippen LogP contribution in [0.1, 0.15) is 23.7 Å². The highest BCUT2D eigenvalue weighted by Crippen LogP contribution is 2.10. The van der Waals surface area contributed by atoms with E-state index >= 15 is 0 Å². The van der Waals surface area contributed by atoms with Crippen molar-refractivity contribution in [2.24, 2.45) is 0 Å². The molecule has 4 nitrogen and oxygen atoms in total. The normalized spacial score (nSPS) is 14.0. The molecule has 1 aromatic rings. The van der Waals surface area contributed by atoms with Crippen LogP contribution in [-0.2, 0) is 10.8 Å². The van der Waals surface area contributed by atoms with Gasteiger partial charge in [0.05, 0.1) is 5.56 Å². The van der Waals surface area contributed by atoms with E-state index in [1.165, 1.54) is 0 Å². The predicted molar refractivity (Wildman–Crippen MR) is 71.3 cm³/mol. The maximum Gasteiger partial charge on any atom is 0.253 e. The minimum absolute atomic E-state index is 0.00833. The maximum atomic E-state index is 11.9. The van der Waals surface area contributed by atoms with Gasteiger partial charge in [-0.3, -0.25) is 9.00 Å². The average molecular weight is 254 g/mol. The smallest absolute Gasteiger partial charge is 0.253 e. The van der Waals surface area contributed by atoms with Crippen LogP contribution in [0.4, 0.5) is 5.69 Å². The molecule has 2 atom stereocenters. The van der Waals surface area contributed by atoms with Crippen molar-refractivity contribution in [2.45, 2.75) is 19.4 Å². The van der Waals surface area contributed by atoms with Gasteiger partial charge in [-0.25, -0.2) is 0 Å². The van der Waals surface area contributed by atoms with Gasteiger partial charge in [0.2, 0.25) is 0 Å². The molecule has 0 aliphatic rings. The van der Waals surface area contributed by atoms with Crippen LogP contribution in [0.25, 0.3) is 0 Å². The van der Waals surface area contributed by atoms with Crippen molar-refractivity contribution in [3.05, 3.63) is 29.8 Å². The first-order chi connectivity index (χ1) is 8.00. The van der Waals surface area contributed by atoms with E-state index in [1.807, 2.05) is 6.92 Å². The van der Waals surface area contributed by atoms with Crippen LogP contribution in [0.5, 0.6) is 0 Å². The molecule has 0 fully saturated rings. The first-order valence-corrected chi connectivity index (χ1v) is 7.19. The first-order valence-electron chi connectivity index (χ1n) is 5.46. The van der Waals surface area contributed by atoms with Crippen molar-refractivity contribution in [3.63, 3.8) is 0 Å². The summed E-state index contributed by atoms with van der Waals surface area (Å²) in [5.74, 6) is 0.406. The Labute approximate surface area is 104 Å². The van der Waals surface area contributed by atoms with Gasteiger partial charge in [-0.2, -0.15) is 0 Å². The Bertz CT molecular complexity index is 421. The molecule has 0 radical (unpaired) electrons. The zero-order valence-corrected chi connectivity index (χ0v) is 10.9. The number of anilines is 1. The second-order valence-electron chi connectivity index (χ2n) is 4.03. The molecule has 17 heavy (non-hydrogen) atoms. The number of nitrogens with one attached hydrogen (secondary N) is 1. The minimum Gasteiger partial charge on any atom is -0.398 e. The molecular weight excluding hydrogens is 236 g/mol. The van der Waals surface area contributed by atoms with Crippen LogP contribution in [0.15, 0.2) is 24.3 Å². The Morgan fingerprint density at radius 3 is 2.71 bits per heavy atom. The van der Waals surface area contributed by atoms with E-state index in [-0.39, 0.29) is 11.9 Å². The average Bonchev–Trinajstić information content (AvgIpc) is 2.26. The van der Waals surface area contributed by atoms with Crippen molar-refractivity contribution in [1.82, 2.24) is 5.32 Å². The zero-order chi connectivity index (χ0) is 12.8. The Kier molecular flexibility index (Phi) is 5.15. The molecule has 0 aromatic heterocycles. The summed E-state index contributed by atoms with van der Waals surface area (Å²) in [7, 11) is -0.826. The number of nitrogen functional groups attached to an aromatic ring is 1. The van der Waals surface area contributed by atoms with Crippen molar-refractivity contribution in [1.29, 1.82) is 0 Å². The van der Waals surface area contributed by atoms with Crippen LogP contribution in [0.2, 0.25) is 0 Å². The molecule has 3 N–H and O–H groups in total. The van der Waals surface area contributed by atoms with Gasteiger partial charge < -0.3 is 11.1 Å². The third kappa shape index (κ3) is 4.56. The summed E-state index contributed by atoms with van der Waals surface area (Å²) < 4.78 is 10.9. The van der Waals surface area contributed by atoms with E-state index in [0.717, 1.165) is 0 Å². The summed E-state index contributed by atoms with van der Waals surface area (Å²) >= 11 is 0. The summed E-state index contributed by atoms with van der Waals surface area (Å²) in [6.45, 7) is 1.89. The fraction of sp³-hybridized carbons (Fsp3) is 0.417. The lowest BCUT2D eigenvalue weighted by molar-refractivity contribution is 0.0940. The van der Waals surface area contributed by atoms with Gasteiger partial charge in [0.1, 0.15) is 0 Å². The van der Waals surface area contributed by atoms with E-state index in [9.17, 15) is 9.00 Å². The molecule has 0 bridgehead atoms. The van der Waals surface area contributed by atoms with E-state index in [2.05, 4.69) is 5.32 Å². The number of benzene rings is 1. The fourth-order valence-corrected chi connectivity index (χ4v) is 2.11. The van der Waals surface area contributed by atoms with Crippen LogP contribution in [0.3, 0.4) is 0 Å². The Hall–Kier alpha value is -1.36. The highest BCUT2D eigenvalue weighted by Gasteiger charge is 2.12. The van der Waals surface area contributed by atoms with E-state index in [4.69, 9.17) is 5.73 Å². The number of hydrogen-bond acceptors (Lipinski definition) is 3. The molecule has 2 unspecified atom stereocenters. The second-order valence-corrected chi connectivity index (χ2v) is 5.58. The highest BCUT2D eigenvalue weighted by molar-refractivity contribution is 7.84. The minimum atomic E-state index is -0.826. The maximum absolute atomic E-state index is 11.9. The van der Waals surface area contributed by atoms with Gasteiger partial charge in [0, 0.05) is 34.5 Å². The molecule has 0 aliphatic heterocycles. The number of amides is 1. The zero-order valence-electron chi connectivity index (χ0n) is 10.1. The Morgan fingerprint density at radius 1 is 1.47 bits per heavy atom. The Morgan fingerprint density at radius 2 is 2.12 bits per heavy atom. The number of hydrogen-bond donors (Lipinski definition) is 2. The molecule has 0 aliphatic carbocycles. The highest BCUT2D eigenvalue weighted by atomic mass is 32.2. The van der Waals surface area contributed by atoms with E-state index in [1.54, 1.807) is 30.5 Å². The van der Waals surface area contributed by atoms with Crippen molar-refractivity contribution in [2.75, 3.05) is 17.7 Å². The summed E-state index contributed by atoms with van der Waals surface area (Å²) in [4.78, 5) is 11.9. The standard InChI is InChI=1S/C12H18N2O2S/c1-9(7-8-17(2)16)14-12(15)10-5-3-4-6-11(10)13/h3-6,9H,7-8,13H2,1-2H3,(H,14,15). The van der Waals surface area contributed by atoms with E-state index in [0.29, 0.717) is 23.4 Å². The third-order valence-electron chi connectivity index (χ3n) is 2.42. The van der Waals surface area contributed by atoms with Crippen molar-refractivity contribution >= 4 is 22.4 Å². The summed E-state index contributed by atoms with van der Waals surface area (Å²) in [6, 6.07) is 6.94. The van der Waals surface area contributed by atoms with Crippen LogP contribution >= 0.6 is 0 Å². The predicted octanol–water partition coefficient (Wildman–Crippen LogP) is 1.16. The van der Waals surface area contributed by atoms with Gasteiger partial charge in [-0.1, -0.05) is 12.1 Å². The largest absolute Gasteiger partial charge is 0.398 e. The second kappa shape index (κ2) is 6.39. The molecule has 0 saturated heterocycles. The lowest BCUT2D eigenvalue weighted by Gasteiger charge is -2.14. The number of nitrogens with two attached hydrogens (primary N) is 1. The molecule has 1 rings (SSSR count). The Balaban J connectivity index is 2.55. The molecule has 94 valence electrons. The number of carbonyl (C=O) groups excluding carboxylic acids is 1. The molecule has 5 heteroatoms. The fourth-order valence-electron chi connectivity index (χ4n) is 1.42. The lowest BCUT2D eigenvalue weighted by atomic mass is 10.1. The monoisotopic (exact) mass is 254 g/mol. The van der Waals surface area contributed by atoms with Crippen molar-refractivity contribution < 1.29 is 9.00 Å². The molecule has 1 aromatic carbocycles. The SMILES string of the molecule is CC(CCS(C)=O)NC(=O)c1ccccc1N.